The molecule has 2 aromatic heterocycles. The molecule has 0 aliphatic carbocycles. The van der Waals surface area contributed by atoms with Gasteiger partial charge in [-0.05, 0) is 30.7 Å². The molecule has 0 aliphatic rings. The molecular weight excluding hydrogens is 202 g/mol. The average Bonchev–Trinajstić information content (AvgIpc) is 2.85. The van der Waals surface area contributed by atoms with Crippen LogP contribution in [0.3, 0.4) is 0 Å². The van der Waals surface area contributed by atoms with E-state index in [1.807, 2.05) is 24.3 Å². The fourth-order valence-electron chi connectivity index (χ4n) is 1.59. The van der Waals surface area contributed by atoms with Crippen molar-refractivity contribution >= 4 is 0 Å². The summed E-state index contributed by atoms with van der Waals surface area (Å²) in [6.07, 6.45) is 4.35. The van der Waals surface area contributed by atoms with Crippen molar-refractivity contribution in [2.24, 2.45) is 0 Å². The second kappa shape index (κ2) is 5.42. The molecule has 2 heterocycles. The van der Waals surface area contributed by atoms with Gasteiger partial charge in [-0.1, -0.05) is 6.92 Å². The first kappa shape index (κ1) is 10.8. The van der Waals surface area contributed by atoms with Crippen LogP contribution in [0.1, 0.15) is 30.8 Å². The molecule has 0 fully saturated rings. The summed E-state index contributed by atoms with van der Waals surface area (Å²) >= 11 is 0. The summed E-state index contributed by atoms with van der Waals surface area (Å²) in [5.74, 6) is 0.964. The third kappa shape index (κ3) is 2.67. The van der Waals surface area contributed by atoms with Crippen LogP contribution in [0.5, 0.6) is 0 Å². The molecule has 4 nitrogen and oxygen atoms in total. The van der Waals surface area contributed by atoms with Gasteiger partial charge >= 0.3 is 0 Å². The molecule has 16 heavy (non-hydrogen) atoms. The summed E-state index contributed by atoms with van der Waals surface area (Å²) in [6.45, 7) is 2.82. The minimum absolute atomic E-state index is 0.233. The molecule has 0 aromatic carbocycles. The van der Waals surface area contributed by atoms with E-state index in [-0.39, 0.29) is 6.04 Å². The Bertz CT molecular complexity index is 399. The summed E-state index contributed by atoms with van der Waals surface area (Å²) in [5, 5.41) is 11.3. The van der Waals surface area contributed by atoms with Crippen molar-refractivity contribution in [3.63, 3.8) is 0 Å². The highest BCUT2D eigenvalue weighted by Gasteiger charge is 2.11. The number of rotatable bonds is 5. The van der Waals surface area contributed by atoms with Gasteiger partial charge in [0.25, 0.3) is 0 Å². The highest BCUT2D eigenvalue weighted by Crippen LogP contribution is 2.16. The Kier molecular flexibility index (Phi) is 3.66. The Morgan fingerprint density at radius 3 is 2.94 bits per heavy atom. The van der Waals surface area contributed by atoms with Crippen molar-refractivity contribution in [2.75, 3.05) is 0 Å². The van der Waals surface area contributed by atoms with Crippen LogP contribution in [0.15, 0.2) is 41.1 Å². The fraction of sp³-hybridized carbons (Fsp3) is 0.333. The predicted octanol–water partition coefficient (Wildman–Crippen LogP) is 2.31. The molecule has 0 amide bonds. The highest BCUT2D eigenvalue weighted by atomic mass is 16.3. The number of hydrogen-bond acceptors (Lipinski definition) is 4. The maximum absolute atomic E-state index is 5.38. The van der Waals surface area contributed by atoms with Crippen molar-refractivity contribution in [1.82, 2.24) is 15.5 Å². The van der Waals surface area contributed by atoms with Crippen LogP contribution in [0.2, 0.25) is 0 Å². The molecular formula is C12H15N3O. The number of aromatic nitrogens is 2. The zero-order valence-corrected chi connectivity index (χ0v) is 9.26. The van der Waals surface area contributed by atoms with Gasteiger partial charge in [0.2, 0.25) is 0 Å². The Hall–Kier alpha value is -1.68. The summed E-state index contributed by atoms with van der Waals surface area (Å²) < 4.78 is 5.38. The van der Waals surface area contributed by atoms with Crippen molar-refractivity contribution in [3.05, 3.63) is 48.2 Å². The third-order valence-electron chi connectivity index (χ3n) is 2.45. The summed E-state index contributed by atoms with van der Waals surface area (Å²) in [6, 6.07) is 7.96. The van der Waals surface area contributed by atoms with E-state index in [9.17, 15) is 0 Å². The van der Waals surface area contributed by atoms with Crippen molar-refractivity contribution < 1.29 is 4.42 Å². The van der Waals surface area contributed by atoms with Gasteiger partial charge in [-0.25, -0.2) is 0 Å². The largest absolute Gasteiger partial charge is 0.468 e. The zero-order chi connectivity index (χ0) is 11.2. The molecule has 84 valence electrons. The lowest BCUT2D eigenvalue weighted by atomic mass is 10.1. The van der Waals surface area contributed by atoms with Crippen LogP contribution in [-0.4, -0.2) is 10.2 Å². The van der Waals surface area contributed by atoms with E-state index < -0.39 is 0 Å². The lowest BCUT2D eigenvalue weighted by Gasteiger charge is -2.13. The van der Waals surface area contributed by atoms with Gasteiger partial charge in [0, 0.05) is 12.7 Å². The molecule has 0 saturated carbocycles. The maximum Gasteiger partial charge on any atom is 0.120 e. The van der Waals surface area contributed by atoms with Crippen LogP contribution < -0.4 is 5.32 Å². The average molecular weight is 217 g/mol. The van der Waals surface area contributed by atoms with E-state index >= 15 is 0 Å². The Balaban J connectivity index is 1.94. The summed E-state index contributed by atoms with van der Waals surface area (Å²) in [4.78, 5) is 0. The monoisotopic (exact) mass is 217 g/mol. The quantitative estimate of drug-likeness (QED) is 0.835. The molecule has 0 bridgehead atoms. The molecule has 4 heteroatoms. The third-order valence-corrected chi connectivity index (χ3v) is 2.45. The first-order chi connectivity index (χ1) is 7.90. The zero-order valence-electron chi connectivity index (χ0n) is 9.26. The number of hydrogen-bond donors (Lipinski definition) is 1. The molecule has 0 radical (unpaired) electrons. The Morgan fingerprint density at radius 2 is 2.31 bits per heavy atom. The van der Waals surface area contributed by atoms with Crippen LogP contribution in [0, 0.1) is 0 Å². The van der Waals surface area contributed by atoms with Crippen LogP contribution >= 0.6 is 0 Å². The van der Waals surface area contributed by atoms with E-state index in [0.29, 0.717) is 6.54 Å². The number of furan rings is 1. The molecule has 1 unspecified atom stereocenters. The fourth-order valence-corrected chi connectivity index (χ4v) is 1.59. The summed E-state index contributed by atoms with van der Waals surface area (Å²) in [7, 11) is 0. The standard InChI is InChI=1S/C12H15N3O/c1-2-11(12-6-4-8-16-12)13-9-10-5-3-7-14-15-10/h3-8,11,13H,2,9H2,1H3. The summed E-state index contributed by atoms with van der Waals surface area (Å²) in [5.41, 5.74) is 0.938. The second-order valence-electron chi connectivity index (χ2n) is 3.57. The van der Waals surface area contributed by atoms with E-state index in [1.165, 1.54) is 0 Å². The minimum Gasteiger partial charge on any atom is -0.468 e. The molecule has 2 rings (SSSR count). The molecule has 1 N–H and O–H groups in total. The van der Waals surface area contributed by atoms with Crippen LogP contribution in [0.25, 0.3) is 0 Å². The second-order valence-corrected chi connectivity index (χ2v) is 3.57. The van der Waals surface area contributed by atoms with Gasteiger partial charge in [0.05, 0.1) is 18.0 Å². The lowest BCUT2D eigenvalue weighted by molar-refractivity contribution is 0.401. The van der Waals surface area contributed by atoms with Gasteiger partial charge in [-0.3, -0.25) is 0 Å². The maximum atomic E-state index is 5.38. The number of nitrogens with one attached hydrogen (secondary N) is 1. The minimum atomic E-state index is 0.233. The Morgan fingerprint density at radius 1 is 1.38 bits per heavy atom. The molecule has 0 spiro atoms. The van der Waals surface area contributed by atoms with Crippen molar-refractivity contribution in [1.29, 1.82) is 0 Å². The number of nitrogens with zero attached hydrogens (tertiary/aromatic N) is 2. The van der Waals surface area contributed by atoms with Gasteiger partial charge in [0.15, 0.2) is 0 Å². The van der Waals surface area contributed by atoms with E-state index in [4.69, 9.17) is 4.42 Å². The van der Waals surface area contributed by atoms with Gasteiger partial charge in [0.1, 0.15) is 5.76 Å². The molecule has 0 saturated heterocycles. The van der Waals surface area contributed by atoms with Gasteiger partial charge in [-0.2, -0.15) is 10.2 Å². The van der Waals surface area contributed by atoms with Crippen LogP contribution in [0.4, 0.5) is 0 Å². The van der Waals surface area contributed by atoms with Crippen LogP contribution in [-0.2, 0) is 6.54 Å². The smallest absolute Gasteiger partial charge is 0.120 e. The molecule has 0 aliphatic heterocycles. The van der Waals surface area contributed by atoms with Crippen molar-refractivity contribution in [2.45, 2.75) is 25.9 Å². The van der Waals surface area contributed by atoms with Gasteiger partial charge in [-0.15, -0.1) is 0 Å². The van der Waals surface area contributed by atoms with E-state index in [1.54, 1.807) is 12.5 Å². The molecule has 2 aromatic rings. The Labute approximate surface area is 94.7 Å². The predicted molar refractivity (Wildman–Crippen MR) is 60.6 cm³/mol. The van der Waals surface area contributed by atoms with E-state index in [0.717, 1.165) is 17.9 Å². The topological polar surface area (TPSA) is 51.0 Å². The first-order valence-electron chi connectivity index (χ1n) is 5.43. The highest BCUT2D eigenvalue weighted by molar-refractivity contribution is 5.05. The van der Waals surface area contributed by atoms with Crippen molar-refractivity contribution in [3.8, 4) is 0 Å². The normalized spacial score (nSPS) is 12.6. The van der Waals surface area contributed by atoms with E-state index in [2.05, 4.69) is 22.4 Å². The molecule has 1 atom stereocenters. The SMILES string of the molecule is CCC(NCc1cccnn1)c1ccco1. The lowest BCUT2D eigenvalue weighted by Crippen LogP contribution is -2.20. The first-order valence-corrected chi connectivity index (χ1v) is 5.43. The van der Waals surface area contributed by atoms with Gasteiger partial charge < -0.3 is 9.73 Å².